The van der Waals surface area contributed by atoms with E-state index in [9.17, 15) is 9.59 Å². The number of likely N-dealkylation sites (N-methyl/N-ethyl adjacent to an activating group) is 1. The van der Waals surface area contributed by atoms with Crippen molar-refractivity contribution in [2.45, 2.75) is 20.1 Å². The maximum atomic E-state index is 12.6. The van der Waals surface area contributed by atoms with Gasteiger partial charge in [0.15, 0.2) is 5.65 Å². The molecule has 0 spiro atoms. The lowest BCUT2D eigenvalue weighted by Crippen LogP contribution is -2.39. The van der Waals surface area contributed by atoms with Crippen LogP contribution in [0.3, 0.4) is 0 Å². The molecule has 3 amide bonds. The molecule has 0 aliphatic carbocycles. The number of carbonyl (C=O) groups excluding carboxylic acids is 2. The van der Waals surface area contributed by atoms with Gasteiger partial charge in [-0.2, -0.15) is 4.98 Å². The lowest BCUT2D eigenvalue weighted by atomic mass is 10.0. The minimum absolute atomic E-state index is 0.167. The number of nitrogens with zero attached hydrogens (tertiary/aromatic N) is 3. The number of aromatic nitrogens is 3. The number of hydrogen-bond donors (Lipinski definition) is 4. The van der Waals surface area contributed by atoms with E-state index in [1.165, 1.54) is 0 Å². The molecule has 10 nitrogen and oxygen atoms in total. The molecular formula is C26H23Cl2N7O3. The number of anilines is 3. The molecule has 4 aromatic rings. The van der Waals surface area contributed by atoms with Gasteiger partial charge in [-0.3, -0.25) is 10.1 Å². The van der Waals surface area contributed by atoms with Crippen molar-refractivity contribution in [1.82, 2.24) is 25.6 Å². The fourth-order valence-electron chi connectivity index (χ4n) is 4.02. The summed E-state index contributed by atoms with van der Waals surface area (Å²) in [5.74, 6) is 0.185. The first-order chi connectivity index (χ1) is 18.4. The van der Waals surface area contributed by atoms with Crippen LogP contribution >= 0.6 is 23.2 Å². The van der Waals surface area contributed by atoms with Crippen molar-refractivity contribution in [2.24, 2.45) is 0 Å². The topological polar surface area (TPSA) is 130 Å². The average Bonchev–Trinajstić information content (AvgIpc) is 3.36. The molecule has 0 atom stereocenters. The largest absolute Gasteiger partial charge is 0.372 e. The molecule has 0 saturated carbocycles. The highest BCUT2D eigenvalue weighted by atomic mass is 35.5. The standard InChI is InChI=1S/C26H23Cl2N7O3/c1-2-29-21(36)11-31-26(37)35-24-18(22-19(27)4-3-5-20(22)28)9-15-10-30-25(34-23(15)33-24)32-17-7-6-14-12-38-13-16(14)8-17/h3-10H,2,11-13H2,1H3,(H,29,36)(H3,30,31,32,33,34,35,37). The summed E-state index contributed by atoms with van der Waals surface area (Å²) in [4.78, 5) is 38.0. The van der Waals surface area contributed by atoms with E-state index >= 15 is 0 Å². The van der Waals surface area contributed by atoms with E-state index in [4.69, 9.17) is 27.9 Å². The Morgan fingerprint density at radius 2 is 1.79 bits per heavy atom. The highest BCUT2D eigenvalue weighted by molar-refractivity contribution is 6.39. The first kappa shape index (κ1) is 25.7. The molecule has 0 radical (unpaired) electrons. The Bertz CT molecular complexity index is 1530. The highest BCUT2D eigenvalue weighted by Gasteiger charge is 2.19. The van der Waals surface area contributed by atoms with Crippen LogP contribution in [0.15, 0.2) is 48.7 Å². The van der Waals surface area contributed by atoms with Gasteiger partial charge < -0.3 is 20.7 Å². The molecule has 4 N–H and O–H groups in total. The molecule has 2 aromatic carbocycles. The number of pyridine rings is 1. The number of fused-ring (bicyclic) bond motifs is 2. The lowest BCUT2D eigenvalue weighted by Gasteiger charge is -2.15. The average molecular weight is 552 g/mol. The lowest BCUT2D eigenvalue weighted by molar-refractivity contribution is -0.119. The highest BCUT2D eigenvalue weighted by Crippen LogP contribution is 2.39. The summed E-state index contributed by atoms with van der Waals surface area (Å²) >= 11 is 12.9. The van der Waals surface area contributed by atoms with Crippen molar-refractivity contribution in [3.8, 4) is 11.1 Å². The SMILES string of the molecule is CCNC(=O)CNC(=O)Nc1nc2nc(Nc3ccc4c(c3)COC4)ncc2cc1-c1c(Cl)cccc1Cl. The van der Waals surface area contributed by atoms with Crippen molar-refractivity contribution >= 4 is 63.6 Å². The summed E-state index contributed by atoms with van der Waals surface area (Å²) in [7, 11) is 0. The van der Waals surface area contributed by atoms with E-state index < -0.39 is 6.03 Å². The summed E-state index contributed by atoms with van der Waals surface area (Å²) in [6.45, 7) is 3.22. The quantitative estimate of drug-likeness (QED) is 0.253. The number of halogens is 2. The zero-order chi connectivity index (χ0) is 26.6. The van der Waals surface area contributed by atoms with E-state index in [1.54, 1.807) is 37.4 Å². The van der Waals surface area contributed by atoms with Gasteiger partial charge in [0.2, 0.25) is 11.9 Å². The first-order valence-corrected chi connectivity index (χ1v) is 12.6. The van der Waals surface area contributed by atoms with Crippen LogP contribution in [0.1, 0.15) is 18.1 Å². The Labute approximate surface area is 228 Å². The predicted molar refractivity (Wildman–Crippen MR) is 147 cm³/mol. The molecule has 0 fully saturated rings. The molecule has 194 valence electrons. The Morgan fingerprint density at radius 3 is 2.58 bits per heavy atom. The van der Waals surface area contributed by atoms with Gasteiger partial charge in [0.25, 0.3) is 0 Å². The number of nitrogens with one attached hydrogen (secondary N) is 4. The van der Waals surface area contributed by atoms with Crippen LogP contribution in [0.2, 0.25) is 10.0 Å². The van der Waals surface area contributed by atoms with Crippen LogP contribution < -0.4 is 21.3 Å². The Balaban J connectivity index is 1.49. The number of rotatable bonds is 7. The van der Waals surface area contributed by atoms with Crippen LogP contribution in [0, 0.1) is 0 Å². The molecule has 1 aliphatic heterocycles. The number of urea groups is 1. The smallest absolute Gasteiger partial charge is 0.320 e. The third-order valence-corrected chi connectivity index (χ3v) is 6.42. The van der Waals surface area contributed by atoms with Gasteiger partial charge in [0.05, 0.1) is 29.8 Å². The van der Waals surface area contributed by atoms with Crippen molar-refractivity contribution < 1.29 is 14.3 Å². The maximum Gasteiger partial charge on any atom is 0.320 e. The second-order valence-electron chi connectivity index (χ2n) is 8.45. The molecule has 1 aliphatic rings. The minimum atomic E-state index is -0.625. The number of benzene rings is 2. The van der Waals surface area contributed by atoms with Crippen LogP contribution in [0.5, 0.6) is 0 Å². The van der Waals surface area contributed by atoms with E-state index in [2.05, 4.69) is 36.2 Å². The molecule has 0 saturated heterocycles. The van der Waals surface area contributed by atoms with Gasteiger partial charge in [-0.1, -0.05) is 35.3 Å². The molecule has 0 unspecified atom stereocenters. The monoisotopic (exact) mass is 551 g/mol. The van der Waals surface area contributed by atoms with Gasteiger partial charge in [0, 0.05) is 34.9 Å². The predicted octanol–water partition coefficient (Wildman–Crippen LogP) is 5.03. The Kier molecular flexibility index (Phi) is 7.54. The van der Waals surface area contributed by atoms with Crippen LogP contribution in [-0.4, -0.2) is 40.0 Å². The molecule has 5 rings (SSSR count). The third kappa shape index (κ3) is 5.62. The zero-order valence-corrected chi connectivity index (χ0v) is 21.8. The molecule has 3 heterocycles. The summed E-state index contributed by atoms with van der Waals surface area (Å²) in [6, 6.07) is 12.2. The van der Waals surface area contributed by atoms with Gasteiger partial charge in [-0.25, -0.2) is 14.8 Å². The summed E-state index contributed by atoms with van der Waals surface area (Å²) in [5, 5.41) is 12.4. The molecule has 38 heavy (non-hydrogen) atoms. The molecular weight excluding hydrogens is 529 g/mol. The second kappa shape index (κ2) is 11.2. The number of carbonyl (C=O) groups is 2. The molecule has 0 bridgehead atoms. The number of ether oxygens (including phenoxy) is 1. The van der Waals surface area contributed by atoms with Crippen molar-refractivity contribution in [2.75, 3.05) is 23.7 Å². The van der Waals surface area contributed by atoms with Crippen LogP contribution in [0.4, 0.5) is 22.2 Å². The second-order valence-corrected chi connectivity index (χ2v) is 9.26. The van der Waals surface area contributed by atoms with Gasteiger partial charge in [-0.15, -0.1) is 0 Å². The summed E-state index contributed by atoms with van der Waals surface area (Å²) in [6.07, 6.45) is 1.63. The van der Waals surface area contributed by atoms with E-state index in [1.807, 2.05) is 18.2 Å². The Morgan fingerprint density at radius 1 is 1.00 bits per heavy atom. The third-order valence-electron chi connectivity index (χ3n) is 5.79. The van der Waals surface area contributed by atoms with E-state index in [0.29, 0.717) is 57.9 Å². The molecule has 2 aromatic heterocycles. The van der Waals surface area contributed by atoms with Crippen molar-refractivity contribution in [3.63, 3.8) is 0 Å². The fourth-order valence-corrected chi connectivity index (χ4v) is 4.62. The summed E-state index contributed by atoms with van der Waals surface area (Å²) < 4.78 is 5.48. The fraction of sp³-hybridized carbons (Fsp3) is 0.192. The minimum Gasteiger partial charge on any atom is -0.372 e. The van der Waals surface area contributed by atoms with Gasteiger partial charge in [0.1, 0.15) is 5.82 Å². The molecule has 12 heteroatoms. The normalized spacial score (nSPS) is 12.2. The first-order valence-electron chi connectivity index (χ1n) is 11.8. The number of amides is 3. The van der Waals surface area contributed by atoms with Crippen molar-refractivity contribution in [3.05, 3.63) is 69.8 Å². The zero-order valence-electron chi connectivity index (χ0n) is 20.3. The maximum absolute atomic E-state index is 12.6. The van der Waals surface area contributed by atoms with Gasteiger partial charge >= 0.3 is 6.03 Å². The Hall–Kier alpha value is -3.99. The van der Waals surface area contributed by atoms with Crippen LogP contribution in [-0.2, 0) is 22.7 Å². The van der Waals surface area contributed by atoms with Crippen LogP contribution in [0.25, 0.3) is 22.2 Å². The van der Waals surface area contributed by atoms with Crippen molar-refractivity contribution in [1.29, 1.82) is 0 Å². The van der Waals surface area contributed by atoms with E-state index in [0.717, 1.165) is 16.8 Å². The van der Waals surface area contributed by atoms with Gasteiger partial charge in [-0.05, 0) is 48.4 Å². The summed E-state index contributed by atoms with van der Waals surface area (Å²) in [5.41, 5.74) is 4.38. The van der Waals surface area contributed by atoms with E-state index in [-0.39, 0.29) is 18.3 Å². The number of hydrogen-bond acceptors (Lipinski definition) is 7.